The van der Waals surface area contributed by atoms with E-state index in [2.05, 4.69) is 41.1 Å². The number of hydrogen-bond acceptors (Lipinski definition) is 4. The molecule has 1 saturated heterocycles. The van der Waals surface area contributed by atoms with E-state index in [4.69, 9.17) is 5.10 Å². The lowest BCUT2D eigenvalue weighted by Gasteiger charge is -2.32. The molecule has 1 amide bonds. The van der Waals surface area contributed by atoms with E-state index in [0.29, 0.717) is 6.04 Å². The Morgan fingerprint density at radius 2 is 2.15 bits per heavy atom. The van der Waals surface area contributed by atoms with E-state index in [0.717, 1.165) is 64.0 Å². The van der Waals surface area contributed by atoms with Gasteiger partial charge in [-0.2, -0.15) is 5.10 Å². The van der Waals surface area contributed by atoms with Crippen LogP contribution in [0, 0.1) is 0 Å². The van der Waals surface area contributed by atoms with Gasteiger partial charge in [-0.15, -0.1) is 11.3 Å². The number of likely N-dealkylation sites (tertiary alicyclic amines) is 1. The first-order valence-corrected chi connectivity index (χ1v) is 11.2. The predicted octanol–water partition coefficient (Wildman–Crippen LogP) is 3.58. The molecule has 1 aliphatic heterocycles. The molecule has 1 aliphatic carbocycles. The summed E-state index contributed by atoms with van der Waals surface area (Å²) >= 11 is 1.82. The zero-order valence-corrected chi connectivity index (χ0v) is 17.3. The van der Waals surface area contributed by atoms with E-state index in [1.54, 1.807) is 0 Å². The average molecular weight is 387 g/mol. The Balaban J connectivity index is 1.55. The van der Waals surface area contributed by atoms with E-state index in [9.17, 15) is 4.79 Å². The molecule has 5 nitrogen and oxygen atoms in total. The second kappa shape index (κ2) is 8.15. The number of carbonyl (C=O) groups excluding carboxylic acids is 1. The van der Waals surface area contributed by atoms with Crippen LogP contribution in [0.2, 0.25) is 0 Å². The van der Waals surface area contributed by atoms with Crippen LogP contribution in [0.3, 0.4) is 0 Å². The van der Waals surface area contributed by atoms with E-state index < -0.39 is 0 Å². The number of thiophene rings is 1. The summed E-state index contributed by atoms with van der Waals surface area (Å²) in [6.07, 6.45) is 6.57. The first kappa shape index (κ1) is 18.7. The van der Waals surface area contributed by atoms with Crippen LogP contribution in [-0.4, -0.2) is 51.7 Å². The highest BCUT2D eigenvalue weighted by Crippen LogP contribution is 2.29. The lowest BCUT2D eigenvalue weighted by Crippen LogP contribution is -2.38. The molecule has 146 valence electrons. The minimum Gasteiger partial charge on any atom is -0.337 e. The van der Waals surface area contributed by atoms with Crippen molar-refractivity contribution in [1.29, 1.82) is 0 Å². The van der Waals surface area contributed by atoms with Crippen molar-refractivity contribution in [2.45, 2.75) is 64.6 Å². The van der Waals surface area contributed by atoms with Crippen molar-refractivity contribution >= 4 is 17.2 Å². The fourth-order valence-electron chi connectivity index (χ4n) is 4.50. The van der Waals surface area contributed by atoms with Gasteiger partial charge >= 0.3 is 0 Å². The van der Waals surface area contributed by atoms with Crippen molar-refractivity contribution in [1.82, 2.24) is 19.6 Å². The number of piperidine rings is 1. The maximum atomic E-state index is 13.2. The molecule has 0 radical (unpaired) electrons. The van der Waals surface area contributed by atoms with Crippen molar-refractivity contribution in [2.75, 3.05) is 20.1 Å². The molecule has 1 unspecified atom stereocenters. The van der Waals surface area contributed by atoms with Crippen LogP contribution in [0.5, 0.6) is 0 Å². The average Bonchev–Trinajstić information content (AvgIpc) is 3.35. The Morgan fingerprint density at radius 3 is 2.85 bits per heavy atom. The summed E-state index contributed by atoms with van der Waals surface area (Å²) < 4.78 is 2.07. The van der Waals surface area contributed by atoms with Crippen molar-refractivity contribution < 1.29 is 4.79 Å². The summed E-state index contributed by atoms with van der Waals surface area (Å²) in [5.74, 6) is 0.153. The van der Waals surface area contributed by atoms with Crippen LogP contribution in [0.15, 0.2) is 17.5 Å². The lowest BCUT2D eigenvalue weighted by atomic mass is 9.90. The third-order valence-corrected chi connectivity index (χ3v) is 6.94. The number of fused-ring (bicyclic) bond motifs is 1. The molecule has 0 saturated carbocycles. The van der Waals surface area contributed by atoms with Crippen LogP contribution < -0.4 is 0 Å². The zero-order valence-electron chi connectivity index (χ0n) is 16.5. The number of aryl methyl sites for hydroxylation is 1. The smallest absolute Gasteiger partial charge is 0.274 e. The topological polar surface area (TPSA) is 41.4 Å². The predicted molar refractivity (Wildman–Crippen MR) is 109 cm³/mol. The van der Waals surface area contributed by atoms with Crippen LogP contribution in [0.4, 0.5) is 0 Å². The normalized spacial score (nSPS) is 20.1. The molecule has 1 atom stereocenters. The fraction of sp³-hybridized carbons (Fsp3) is 0.619. The van der Waals surface area contributed by atoms with E-state index >= 15 is 0 Å². The number of rotatable bonds is 5. The number of aromatic nitrogens is 2. The van der Waals surface area contributed by atoms with Crippen molar-refractivity contribution in [3.63, 3.8) is 0 Å². The molecule has 2 aliphatic rings. The molecule has 1 fully saturated rings. The van der Waals surface area contributed by atoms with Gasteiger partial charge in [0.25, 0.3) is 5.91 Å². The van der Waals surface area contributed by atoms with Crippen LogP contribution in [0.1, 0.15) is 59.2 Å². The highest BCUT2D eigenvalue weighted by molar-refractivity contribution is 7.09. The summed E-state index contributed by atoms with van der Waals surface area (Å²) in [6.45, 7) is 5.71. The Bertz CT molecular complexity index is 776. The van der Waals surface area contributed by atoms with Gasteiger partial charge in [0, 0.05) is 48.4 Å². The summed E-state index contributed by atoms with van der Waals surface area (Å²) in [4.78, 5) is 19.0. The molecule has 0 aromatic carbocycles. The van der Waals surface area contributed by atoms with Crippen LogP contribution in [0.25, 0.3) is 0 Å². The molecular weight excluding hydrogens is 356 g/mol. The molecule has 2 aromatic heterocycles. The molecule has 0 bridgehead atoms. The summed E-state index contributed by atoms with van der Waals surface area (Å²) in [7, 11) is 2.21. The number of likely N-dealkylation sites (N-methyl/N-ethyl adjacent to an activating group) is 1. The van der Waals surface area contributed by atoms with Gasteiger partial charge in [-0.25, -0.2) is 0 Å². The van der Waals surface area contributed by atoms with Gasteiger partial charge in [-0.1, -0.05) is 6.07 Å². The van der Waals surface area contributed by atoms with Gasteiger partial charge in [0.1, 0.15) is 0 Å². The minimum absolute atomic E-state index is 0.153. The van der Waals surface area contributed by atoms with Gasteiger partial charge in [0.05, 0.1) is 0 Å². The standard InChI is InChI=1S/C21H30N4OS/c1-3-25-19-10-9-16(23(2)15-17-8-7-13-27-17)14-18(19)20(22-25)21(26)24-11-5-4-6-12-24/h7-8,13,16H,3-6,9-12,14-15H2,1-2H3. The summed E-state index contributed by atoms with van der Waals surface area (Å²) in [5.41, 5.74) is 3.23. The molecule has 6 heteroatoms. The van der Waals surface area contributed by atoms with E-state index in [1.165, 1.54) is 22.6 Å². The second-order valence-electron chi connectivity index (χ2n) is 7.83. The van der Waals surface area contributed by atoms with Gasteiger partial charge in [0.2, 0.25) is 0 Å². The third kappa shape index (κ3) is 3.83. The molecule has 4 rings (SSSR count). The number of carbonyl (C=O) groups is 1. The monoisotopic (exact) mass is 386 g/mol. The fourth-order valence-corrected chi connectivity index (χ4v) is 5.27. The van der Waals surface area contributed by atoms with Crippen LogP contribution >= 0.6 is 11.3 Å². The molecule has 0 spiro atoms. The van der Waals surface area contributed by atoms with Gasteiger partial charge in [-0.3, -0.25) is 14.4 Å². The SMILES string of the molecule is CCn1nc(C(=O)N2CCCCC2)c2c1CCC(N(C)Cc1cccs1)C2. The van der Waals surface area contributed by atoms with Crippen molar-refractivity contribution in [3.8, 4) is 0 Å². The highest BCUT2D eigenvalue weighted by Gasteiger charge is 2.32. The number of hydrogen-bond donors (Lipinski definition) is 0. The second-order valence-corrected chi connectivity index (χ2v) is 8.87. The zero-order chi connectivity index (χ0) is 18.8. The Morgan fingerprint density at radius 1 is 1.33 bits per heavy atom. The highest BCUT2D eigenvalue weighted by atomic mass is 32.1. The number of amides is 1. The third-order valence-electron chi connectivity index (χ3n) is 6.07. The first-order chi connectivity index (χ1) is 13.2. The van der Waals surface area contributed by atoms with Gasteiger partial charge < -0.3 is 4.90 Å². The first-order valence-electron chi connectivity index (χ1n) is 10.3. The van der Waals surface area contributed by atoms with Crippen molar-refractivity contribution in [2.24, 2.45) is 0 Å². The van der Waals surface area contributed by atoms with Crippen molar-refractivity contribution in [3.05, 3.63) is 39.3 Å². The quantitative estimate of drug-likeness (QED) is 0.789. The maximum Gasteiger partial charge on any atom is 0.274 e. The van der Waals surface area contributed by atoms with E-state index in [-0.39, 0.29) is 5.91 Å². The summed E-state index contributed by atoms with van der Waals surface area (Å²) in [6, 6.07) is 4.80. The van der Waals surface area contributed by atoms with Gasteiger partial charge in [0.15, 0.2) is 5.69 Å². The largest absolute Gasteiger partial charge is 0.337 e. The Hall–Kier alpha value is -1.66. The minimum atomic E-state index is 0.153. The lowest BCUT2D eigenvalue weighted by molar-refractivity contribution is 0.0715. The molecular formula is C21H30N4OS. The summed E-state index contributed by atoms with van der Waals surface area (Å²) in [5, 5.41) is 6.91. The van der Waals surface area contributed by atoms with Crippen LogP contribution in [-0.2, 0) is 25.9 Å². The maximum absolute atomic E-state index is 13.2. The van der Waals surface area contributed by atoms with Gasteiger partial charge in [-0.05, 0) is 63.9 Å². The Kier molecular flexibility index (Phi) is 5.64. The Labute approximate surface area is 166 Å². The molecule has 27 heavy (non-hydrogen) atoms. The molecule has 0 N–H and O–H groups in total. The molecule has 3 heterocycles. The van der Waals surface area contributed by atoms with E-state index in [1.807, 2.05) is 16.2 Å². The number of nitrogens with zero attached hydrogens (tertiary/aromatic N) is 4. The molecule has 2 aromatic rings.